The van der Waals surface area contributed by atoms with Crippen molar-refractivity contribution in [3.63, 3.8) is 0 Å². The molecule has 0 heterocycles. The van der Waals surface area contributed by atoms with Crippen LogP contribution < -0.4 is 5.32 Å². The van der Waals surface area contributed by atoms with Crippen molar-refractivity contribution in [3.05, 3.63) is 88.5 Å². The highest BCUT2D eigenvalue weighted by atomic mass is 16.6. The van der Waals surface area contributed by atoms with Gasteiger partial charge in [0.05, 0.1) is 10.6 Å². The first-order valence-electron chi connectivity index (χ1n) is 7.88. The van der Waals surface area contributed by atoms with Gasteiger partial charge < -0.3 is 10.4 Å². The molecule has 0 spiro atoms. The van der Waals surface area contributed by atoms with Crippen LogP contribution in [0.1, 0.15) is 10.4 Å². The number of phenols is 1. The summed E-state index contributed by atoms with van der Waals surface area (Å²) in [7, 11) is 0. The molecule has 3 aromatic rings. The van der Waals surface area contributed by atoms with Gasteiger partial charge in [-0.3, -0.25) is 14.9 Å². The number of azo groups is 1. The Bertz CT molecular complexity index is 1000. The number of carbonyl (C=O) groups excluding carboxylic acids is 1. The normalized spacial score (nSPS) is 10.7. The lowest BCUT2D eigenvalue weighted by molar-refractivity contribution is -0.384. The molecule has 0 saturated carbocycles. The van der Waals surface area contributed by atoms with Crippen molar-refractivity contribution in [2.24, 2.45) is 10.2 Å². The third-order valence-electron chi connectivity index (χ3n) is 3.60. The van der Waals surface area contributed by atoms with Crippen molar-refractivity contribution < 1.29 is 14.8 Å². The highest BCUT2D eigenvalue weighted by molar-refractivity contribution is 6.04. The Morgan fingerprint density at radius 2 is 1.67 bits per heavy atom. The summed E-state index contributed by atoms with van der Waals surface area (Å²) in [5.41, 5.74) is 1.36. The van der Waals surface area contributed by atoms with E-state index in [0.717, 1.165) is 0 Å². The number of amides is 1. The zero-order chi connectivity index (χ0) is 19.2. The van der Waals surface area contributed by atoms with Crippen LogP contribution in [0.3, 0.4) is 0 Å². The van der Waals surface area contributed by atoms with Crippen molar-refractivity contribution in [1.29, 1.82) is 0 Å². The fourth-order valence-electron chi connectivity index (χ4n) is 2.22. The fraction of sp³-hybridized carbons (Fsp3) is 0. The summed E-state index contributed by atoms with van der Waals surface area (Å²) in [5.74, 6) is -0.495. The number of nitro groups is 1. The molecule has 0 aliphatic heterocycles. The highest BCUT2D eigenvalue weighted by Crippen LogP contribution is 2.30. The van der Waals surface area contributed by atoms with Gasteiger partial charge in [-0.15, -0.1) is 5.11 Å². The van der Waals surface area contributed by atoms with Gasteiger partial charge >= 0.3 is 0 Å². The maximum Gasteiger partial charge on any atom is 0.269 e. The summed E-state index contributed by atoms with van der Waals surface area (Å²) in [6.45, 7) is 0. The average molecular weight is 362 g/mol. The number of benzene rings is 3. The van der Waals surface area contributed by atoms with Gasteiger partial charge in [-0.25, -0.2) is 0 Å². The summed E-state index contributed by atoms with van der Waals surface area (Å²) >= 11 is 0. The number of nitrogens with one attached hydrogen (secondary N) is 1. The molecule has 0 fully saturated rings. The monoisotopic (exact) mass is 362 g/mol. The molecule has 8 nitrogen and oxygen atoms in total. The van der Waals surface area contributed by atoms with Crippen LogP contribution in [0.2, 0.25) is 0 Å². The Kier molecular flexibility index (Phi) is 5.17. The number of para-hydroxylation sites is 1. The van der Waals surface area contributed by atoms with Crippen molar-refractivity contribution in [1.82, 2.24) is 0 Å². The van der Waals surface area contributed by atoms with Crippen LogP contribution in [0.4, 0.5) is 22.7 Å². The number of phenolic OH excluding ortho intramolecular Hbond substituents is 1. The second-order valence-corrected chi connectivity index (χ2v) is 5.50. The molecular formula is C19H14N4O4. The molecule has 8 heteroatoms. The SMILES string of the molecule is O=C(Nc1ccccc1)c1ccc(O)c(N=Nc2ccc([N+](=O)[O-])cc2)c1. The van der Waals surface area contributed by atoms with Crippen LogP contribution in [-0.2, 0) is 0 Å². The Labute approximate surface area is 154 Å². The zero-order valence-electron chi connectivity index (χ0n) is 13.9. The van der Waals surface area contributed by atoms with Gasteiger partial charge in [-0.05, 0) is 42.5 Å². The molecule has 0 radical (unpaired) electrons. The number of non-ortho nitro benzene ring substituents is 1. The Balaban J connectivity index is 1.78. The van der Waals surface area contributed by atoms with Crippen LogP contribution in [0.15, 0.2) is 83.0 Å². The first-order valence-corrected chi connectivity index (χ1v) is 7.88. The van der Waals surface area contributed by atoms with E-state index in [2.05, 4.69) is 15.5 Å². The maximum atomic E-state index is 12.3. The molecule has 3 rings (SSSR count). The van der Waals surface area contributed by atoms with Crippen LogP contribution >= 0.6 is 0 Å². The molecule has 0 aromatic heterocycles. The van der Waals surface area contributed by atoms with Crippen LogP contribution in [0, 0.1) is 10.1 Å². The number of anilines is 1. The Morgan fingerprint density at radius 1 is 0.963 bits per heavy atom. The first-order chi connectivity index (χ1) is 13.0. The molecule has 3 aromatic carbocycles. The van der Waals surface area contributed by atoms with E-state index in [-0.39, 0.29) is 23.0 Å². The lowest BCUT2D eigenvalue weighted by Crippen LogP contribution is -2.11. The van der Waals surface area contributed by atoms with Crippen molar-refractivity contribution in [3.8, 4) is 5.75 Å². The van der Waals surface area contributed by atoms with E-state index in [1.165, 1.54) is 42.5 Å². The minimum absolute atomic E-state index is 0.0589. The minimum Gasteiger partial charge on any atom is -0.506 e. The van der Waals surface area contributed by atoms with Crippen LogP contribution in [0.25, 0.3) is 0 Å². The van der Waals surface area contributed by atoms with Crippen molar-refractivity contribution >= 4 is 28.7 Å². The molecule has 134 valence electrons. The van der Waals surface area contributed by atoms with Crippen molar-refractivity contribution in [2.45, 2.75) is 0 Å². The Morgan fingerprint density at radius 3 is 2.33 bits per heavy atom. The van der Waals surface area contributed by atoms with Gasteiger partial charge in [0.25, 0.3) is 11.6 Å². The second-order valence-electron chi connectivity index (χ2n) is 5.50. The molecule has 0 bridgehead atoms. The fourth-order valence-corrected chi connectivity index (χ4v) is 2.22. The number of aromatic hydroxyl groups is 1. The first kappa shape index (κ1) is 17.7. The van der Waals surface area contributed by atoms with Gasteiger partial charge in [0.2, 0.25) is 0 Å². The maximum absolute atomic E-state index is 12.3. The summed E-state index contributed by atoms with van der Waals surface area (Å²) in [5, 5.41) is 31.2. The molecule has 0 unspecified atom stereocenters. The van der Waals surface area contributed by atoms with Gasteiger partial charge in [0.15, 0.2) is 0 Å². The number of rotatable bonds is 5. The molecule has 2 N–H and O–H groups in total. The number of carbonyl (C=O) groups is 1. The predicted octanol–water partition coefficient (Wildman–Crippen LogP) is 4.97. The summed E-state index contributed by atoms with van der Waals surface area (Å²) in [6, 6.07) is 18.7. The smallest absolute Gasteiger partial charge is 0.269 e. The minimum atomic E-state index is -0.512. The average Bonchev–Trinajstić information content (AvgIpc) is 2.68. The Hall–Kier alpha value is -4.07. The lowest BCUT2D eigenvalue weighted by atomic mass is 10.1. The standard InChI is InChI=1S/C19H14N4O4/c24-18-11-6-13(19(25)20-14-4-2-1-3-5-14)12-17(18)22-21-15-7-9-16(10-8-15)23(26)27/h1-12,24H,(H,20,25). The number of nitro benzene ring substituents is 1. The number of hydrogen-bond acceptors (Lipinski definition) is 6. The lowest BCUT2D eigenvalue weighted by Gasteiger charge is -2.06. The molecule has 0 atom stereocenters. The van der Waals surface area contributed by atoms with E-state index in [4.69, 9.17) is 0 Å². The van der Waals surface area contributed by atoms with E-state index < -0.39 is 4.92 Å². The molecule has 0 aliphatic carbocycles. The third kappa shape index (κ3) is 4.51. The molecule has 27 heavy (non-hydrogen) atoms. The topological polar surface area (TPSA) is 117 Å². The van der Waals surface area contributed by atoms with Crippen molar-refractivity contribution in [2.75, 3.05) is 5.32 Å². The number of hydrogen-bond donors (Lipinski definition) is 2. The highest BCUT2D eigenvalue weighted by Gasteiger charge is 2.10. The van der Waals surface area contributed by atoms with E-state index in [9.17, 15) is 20.0 Å². The molecular weight excluding hydrogens is 348 g/mol. The predicted molar refractivity (Wildman–Crippen MR) is 99.8 cm³/mol. The largest absolute Gasteiger partial charge is 0.506 e. The van der Waals surface area contributed by atoms with E-state index in [0.29, 0.717) is 16.9 Å². The molecule has 0 aliphatic rings. The summed E-state index contributed by atoms with van der Waals surface area (Å²) in [6.07, 6.45) is 0. The van der Waals surface area contributed by atoms with E-state index in [1.54, 1.807) is 24.3 Å². The second kappa shape index (κ2) is 7.87. The quantitative estimate of drug-likeness (QED) is 0.378. The number of nitrogens with zero attached hydrogens (tertiary/aromatic N) is 3. The van der Waals surface area contributed by atoms with E-state index in [1.807, 2.05) is 6.07 Å². The van der Waals surface area contributed by atoms with Gasteiger partial charge in [0, 0.05) is 23.4 Å². The van der Waals surface area contributed by atoms with Crippen LogP contribution in [0.5, 0.6) is 5.75 Å². The van der Waals surface area contributed by atoms with E-state index >= 15 is 0 Å². The molecule has 1 amide bonds. The van der Waals surface area contributed by atoms with Gasteiger partial charge in [-0.1, -0.05) is 18.2 Å². The summed E-state index contributed by atoms with van der Waals surface area (Å²) < 4.78 is 0. The summed E-state index contributed by atoms with van der Waals surface area (Å²) in [4.78, 5) is 22.5. The molecule has 0 saturated heterocycles. The van der Waals surface area contributed by atoms with Gasteiger partial charge in [0.1, 0.15) is 11.4 Å². The third-order valence-corrected chi connectivity index (χ3v) is 3.60. The van der Waals surface area contributed by atoms with Gasteiger partial charge in [-0.2, -0.15) is 5.11 Å². The van der Waals surface area contributed by atoms with Crippen LogP contribution in [-0.4, -0.2) is 15.9 Å². The zero-order valence-corrected chi connectivity index (χ0v) is 13.9.